The molecule has 28 heavy (non-hydrogen) atoms. The number of hydrogen-bond acceptors (Lipinski definition) is 4. The van der Waals surface area contributed by atoms with Gasteiger partial charge in [0.15, 0.2) is 0 Å². The molecule has 0 aromatic carbocycles. The molecular weight excluding hydrogens is 356 g/mol. The molecule has 4 heterocycles. The molecule has 6 heteroatoms. The molecule has 6 nitrogen and oxygen atoms in total. The predicted octanol–water partition coefficient (Wildman–Crippen LogP) is 3.25. The van der Waals surface area contributed by atoms with E-state index in [4.69, 9.17) is 9.47 Å². The van der Waals surface area contributed by atoms with E-state index < -0.39 is 0 Å². The van der Waals surface area contributed by atoms with Gasteiger partial charge in [-0.3, -0.25) is 9.59 Å². The first-order valence-corrected chi connectivity index (χ1v) is 10.7. The first-order valence-electron chi connectivity index (χ1n) is 10.7. The lowest BCUT2D eigenvalue weighted by molar-refractivity contribution is -0.140. The van der Waals surface area contributed by atoms with E-state index in [9.17, 15) is 9.59 Å². The van der Waals surface area contributed by atoms with Gasteiger partial charge in [-0.25, -0.2) is 0 Å². The molecule has 0 unspecified atom stereocenters. The Morgan fingerprint density at radius 3 is 1.32 bits per heavy atom. The molecule has 6 atom stereocenters. The maximum Gasteiger partial charge on any atom is 0.225 e. The molecule has 0 aliphatic carbocycles. The van der Waals surface area contributed by atoms with Gasteiger partial charge in [0.05, 0.1) is 25.3 Å². The number of rotatable bonds is 0. The van der Waals surface area contributed by atoms with Gasteiger partial charge in [0.25, 0.3) is 0 Å². The number of nitrogens with zero attached hydrogens (tertiary/aromatic N) is 2. The van der Waals surface area contributed by atoms with Crippen molar-refractivity contribution in [3.8, 4) is 0 Å². The van der Waals surface area contributed by atoms with Crippen molar-refractivity contribution in [2.45, 2.75) is 92.8 Å². The first-order chi connectivity index (χ1) is 12.8. The van der Waals surface area contributed by atoms with Gasteiger partial charge in [-0.1, -0.05) is 55.4 Å². The minimum atomic E-state index is -0.0232. The van der Waals surface area contributed by atoms with Gasteiger partial charge in [0.1, 0.15) is 12.5 Å². The Hall–Kier alpha value is -1.14. The van der Waals surface area contributed by atoms with Crippen LogP contribution < -0.4 is 0 Å². The number of ether oxygens (including phenoxy) is 2. The maximum atomic E-state index is 11.8. The summed E-state index contributed by atoms with van der Waals surface area (Å²) in [6, 6.07) is 0.651. The number of hydrogen-bond donors (Lipinski definition) is 0. The topological polar surface area (TPSA) is 59.1 Å². The van der Waals surface area contributed by atoms with E-state index in [1.165, 1.54) is 0 Å². The molecule has 4 fully saturated rings. The van der Waals surface area contributed by atoms with Gasteiger partial charge in [-0.05, 0) is 11.8 Å². The summed E-state index contributed by atoms with van der Waals surface area (Å²) in [5, 5.41) is 0. The van der Waals surface area contributed by atoms with Gasteiger partial charge in [-0.15, -0.1) is 0 Å². The fourth-order valence-electron chi connectivity index (χ4n) is 4.93. The van der Waals surface area contributed by atoms with Crippen LogP contribution in [0.25, 0.3) is 0 Å². The SMILES string of the molecule is C[C@H]1CC(=O)N2[C@@H]1CO[C@@H]2C(C)(C)C.C[C@H]1CC(=O)N2[C@@H]1CO[C@@H]2C(C)(C)C. The monoisotopic (exact) mass is 394 g/mol. The zero-order valence-corrected chi connectivity index (χ0v) is 18.8. The predicted molar refractivity (Wildman–Crippen MR) is 107 cm³/mol. The average molecular weight is 395 g/mol. The zero-order chi connectivity index (χ0) is 21.0. The summed E-state index contributed by atoms with van der Waals surface area (Å²) in [5.74, 6) is 1.43. The molecule has 4 saturated heterocycles. The molecular formula is C22H38N2O4. The van der Waals surface area contributed by atoms with Crippen molar-refractivity contribution in [3.63, 3.8) is 0 Å². The van der Waals surface area contributed by atoms with Crippen molar-refractivity contribution >= 4 is 11.8 Å². The normalized spacial score (nSPS) is 37.9. The molecule has 0 spiro atoms. The fraction of sp³-hybridized carbons (Fsp3) is 0.909. The van der Waals surface area contributed by atoms with Crippen LogP contribution in [0.15, 0.2) is 0 Å². The smallest absolute Gasteiger partial charge is 0.225 e. The number of amides is 2. The molecule has 0 radical (unpaired) electrons. The van der Waals surface area contributed by atoms with E-state index in [0.717, 1.165) is 13.2 Å². The Balaban J connectivity index is 0.000000161. The third-order valence-electron chi connectivity index (χ3n) is 6.43. The number of carbonyl (C=O) groups is 2. The van der Waals surface area contributed by atoms with Crippen molar-refractivity contribution in [3.05, 3.63) is 0 Å². The van der Waals surface area contributed by atoms with Crippen LogP contribution in [0.3, 0.4) is 0 Å². The second-order valence-electron chi connectivity index (χ2n) is 11.2. The minimum Gasteiger partial charge on any atom is -0.356 e. The summed E-state index contributed by atoms with van der Waals surface area (Å²) in [6.45, 7) is 18.4. The van der Waals surface area contributed by atoms with E-state index >= 15 is 0 Å². The highest BCUT2D eigenvalue weighted by atomic mass is 16.5. The van der Waals surface area contributed by atoms with Crippen LogP contribution in [0.2, 0.25) is 0 Å². The summed E-state index contributed by atoms with van der Waals surface area (Å²) in [5.41, 5.74) is 0.0446. The van der Waals surface area contributed by atoms with Crippen LogP contribution in [0, 0.1) is 22.7 Å². The molecule has 4 aliphatic heterocycles. The Morgan fingerprint density at radius 1 is 0.714 bits per heavy atom. The lowest BCUT2D eigenvalue weighted by Gasteiger charge is -2.33. The van der Waals surface area contributed by atoms with Gasteiger partial charge >= 0.3 is 0 Å². The highest BCUT2D eigenvalue weighted by Gasteiger charge is 2.51. The Labute approximate surface area is 169 Å². The summed E-state index contributed by atoms with van der Waals surface area (Å²) in [4.78, 5) is 27.5. The van der Waals surface area contributed by atoms with Crippen molar-refractivity contribution in [1.82, 2.24) is 9.80 Å². The molecule has 4 aliphatic rings. The van der Waals surface area contributed by atoms with Crippen LogP contribution in [0.4, 0.5) is 0 Å². The summed E-state index contributed by atoms with van der Waals surface area (Å²) < 4.78 is 11.5. The zero-order valence-electron chi connectivity index (χ0n) is 18.8. The number of fused-ring (bicyclic) bond motifs is 2. The molecule has 0 aromatic rings. The van der Waals surface area contributed by atoms with Crippen molar-refractivity contribution < 1.29 is 19.1 Å². The van der Waals surface area contributed by atoms with E-state index in [1.54, 1.807) is 0 Å². The lowest BCUT2D eigenvalue weighted by Crippen LogP contribution is -2.44. The standard InChI is InChI=1S/2C11H19NO2/c2*1-7-5-9(13)12-8(7)6-14-10(12)11(2,3)4/h2*7-8,10H,5-6H2,1-4H3/t2*7-,8+,10+/m00/s1. The summed E-state index contributed by atoms with van der Waals surface area (Å²) >= 11 is 0. The molecule has 0 saturated carbocycles. The minimum absolute atomic E-state index is 0.0223. The maximum absolute atomic E-state index is 11.8. The molecule has 0 N–H and O–H groups in total. The molecule has 160 valence electrons. The number of carbonyl (C=O) groups excluding carboxylic acids is 2. The fourth-order valence-corrected chi connectivity index (χ4v) is 4.93. The van der Waals surface area contributed by atoms with E-state index in [1.807, 2.05) is 9.80 Å². The van der Waals surface area contributed by atoms with Crippen LogP contribution in [-0.2, 0) is 19.1 Å². The van der Waals surface area contributed by atoms with Gasteiger partial charge in [-0.2, -0.15) is 0 Å². The highest BCUT2D eigenvalue weighted by Crippen LogP contribution is 2.40. The average Bonchev–Trinajstić information content (AvgIpc) is 3.26. The highest BCUT2D eigenvalue weighted by molar-refractivity contribution is 5.80. The van der Waals surface area contributed by atoms with Crippen molar-refractivity contribution in [1.29, 1.82) is 0 Å². The third-order valence-corrected chi connectivity index (χ3v) is 6.43. The second kappa shape index (κ2) is 7.28. The Kier molecular flexibility index (Phi) is 5.61. The van der Waals surface area contributed by atoms with E-state index in [0.29, 0.717) is 36.8 Å². The first kappa shape index (κ1) is 21.6. The summed E-state index contributed by atoms with van der Waals surface area (Å²) in [6.07, 6.45) is 1.34. The quantitative estimate of drug-likeness (QED) is 0.633. The van der Waals surface area contributed by atoms with Crippen LogP contribution >= 0.6 is 0 Å². The van der Waals surface area contributed by atoms with E-state index in [2.05, 4.69) is 55.4 Å². The molecule has 0 aromatic heterocycles. The van der Waals surface area contributed by atoms with Gasteiger partial charge < -0.3 is 19.3 Å². The third kappa shape index (κ3) is 3.82. The van der Waals surface area contributed by atoms with Crippen molar-refractivity contribution in [2.75, 3.05) is 13.2 Å². The van der Waals surface area contributed by atoms with Gasteiger partial charge in [0.2, 0.25) is 11.8 Å². The largest absolute Gasteiger partial charge is 0.356 e. The van der Waals surface area contributed by atoms with Crippen LogP contribution in [0.5, 0.6) is 0 Å². The van der Waals surface area contributed by atoms with Crippen molar-refractivity contribution in [2.24, 2.45) is 22.7 Å². The molecule has 0 bridgehead atoms. The van der Waals surface area contributed by atoms with Crippen LogP contribution in [0.1, 0.15) is 68.2 Å². The Morgan fingerprint density at radius 2 is 1.04 bits per heavy atom. The van der Waals surface area contributed by atoms with Gasteiger partial charge in [0, 0.05) is 23.7 Å². The molecule has 2 amide bonds. The molecule has 4 rings (SSSR count). The summed E-state index contributed by atoms with van der Waals surface area (Å²) in [7, 11) is 0. The van der Waals surface area contributed by atoms with Crippen LogP contribution in [-0.4, -0.2) is 59.4 Å². The van der Waals surface area contributed by atoms with E-state index in [-0.39, 0.29) is 35.1 Å². The Bertz CT molecular complexity index is 567. The lowest BCUT2D eigenvalue weighted by atomic mass is 9.93. The second-order valence-corrected chi connectivity index (χ2v) is 11.2.